The molecule has 1 aliphatic heterocycles. The van der Waals surface area contributed by atoms with Crippen LogP contribution in [0.4, 0.5) is 0 Å². The van der Waals surface area contributed by atoms with Gasteiger partial charge in [-0.25, -0.2) is 4.68 Å². The molecule has 4 aromatic rings. The van der Waals surface area contributed by atoms with Gasteiger partial charge in [0, 0.05) is 32.3 Å². The Kier molecular flexibility index (Phi) is 8.23. The van der Waals surface area contributed by atoms with Crippen LogP contribution in [0.2, 0.25) is 0 Å². The molecule has 0 amide bonds. The van der Waals surface area contributed by atoms with Crippen molar-refractivity contribution in [2.24, 2.45) is 7.05 Å². The van der Waals surface area contributed by atoms with Crippen LogP contribution in [0.25, 0.3) is 11.0 Å². The van der Waals surface area contributed by atoms with E-state index >= 15 is 0 Å². The highest BCUT2D eigenvalue weighted by molar-refractivity contribution is 5.83. The number of fused-ring (bicyclic) bond motifs is 3. The summed E-state index contributed by atoms with van der Waals surface area (Å²) in [4.78, 5) is 20.3. The number of carbonyl (C=O) groups excluding carboxylic acids is 1. The predicted molar refractivity (Wildman–Crippen MR) is 167 cm³/mol. The van der Waals surface area contributed by atoms with Gasteiger partial charge in [0.15, 0.2) is 0 Å². The van der Waals surface area contributed by atoms with Gasteiger partial charge in [-0.3, -0.25) is 14.7 Å². The van der Waals surface area contributed by atoms with Crippen LogP contribution >= 0.6 is 0 Å². The lowest BCUT2D eigenvalue weighted by molar-refractivity contribution is -0.143. The molecule has 0 N–H and O–H groups in total. The fourth-order valence-electron chi connectivity index (χ4n) is 7.18. The van der Waals surface area contributed by atoms with Crippen molar-refractivity contribution in [1.29, 1.82) is 0 Å². The molecule has 226 valence electrons. The summed E-state index contributed by atoms with van der Waals surface area (Å²) in [5.41, 5.74) is 11.6. The van der Waals surface area contributed by atoms with Crippen molar-refractivity contribution in [2.75, 3.05) is 13.2 Å². The minimum absolute atomic E-state index is 0.102. The van der Waals surface area contributed by atoms with E-state index in [1.807, 2.05) is 37.0 Å². The molecule has 0 unspecified atom stereocenters. The number of pyridine rings is 1. The third-order valence-electron chi connectivity index (χ3n) is 9.45. The average molecular weight is 582 g/mol. The number of hydrogen-bond acceptors (Lipinski definition) is 7. The largest absolute Gasteiger partial charge is 0.487 e. The number of rotatable bonds is 8. The first-order valence-corrected chi connectivity index (χ1v) is 15.7. The van der Waals surface area contributed by atoms with Crippen molar-refractivity contribution in [3.8, 4) is 5.75 Å². The lowest BCUT2D eigenvalue weighted by Crippen LogP contribution is -2.34. The molecule has 0 fully saturated rings. The van der Waals surface area contributed by atoms with Gasteiger partial charge in [-0.05, 0) is 104 Å². The molecule has 8 heteroatoms. The van der Waals surface area contributed by atoms with E-state index in [4.69, 9.17) is 14.5 Å². The lowest BCUT2D eigenvalue weighted by atomic mass is 9.82. The van der Waals surface area contributed by atoms with Crippen LogP contribution < -0.4 is 4.74 Å². The van der Waals surface area contributed by atoms with Crippen LogP contribution in [-0.2, 0) is 36.0 Å². The maximum absolute atomic E-state index is 13.1. The highest BCUT2D eigenvalue weighted by atomic mass is 16.5. The third-order valence-corrected chi connectivity index (χ3v) is 9.45. The average Bonchev–Trinajstić information content (AvgIpc) is 3.61. The first kappa shape index (κ1) is 29.3. The Morgan fingerprint density at radius 1 is 1.19 bits per heavy atom. The van der Waals surface area contributed by atoms with Crippen LogP contribution in [0.15, 0.2) is 36.5 Å². The van der Waals surface area contributed by atoms with E-state index in [1.165, 1.54) is 22.3 Å². The van der Waals surface area contributed by atoms with Crippen LogP contribution in [0, 0.1) is 13.8 Å². The molecular formula is C35H43N5O3. The fourth-order valence-corrected chi connectivity index (χ4v) is 7.18. The molecule has 2 aromatic heterocycles. The van der Waals surface area contributed by atoms with Crippen LogP contribution in [0.3, 0.4) is 0 Å². The van der Waals surface area contributed by atoms with Crippen molar-refractivity contribution in [3.05, 3.63) is 81.2 Å². The van der Waals surface area contributed by atoms with Gasteiger partial charge in [-0.1, -0.05) is 30.3 Å². The van der Waals surface area contributed by atoms with Crippen molar-refractivity contribution in [1.82, 2.24) is 24.9 Å². The maximum Gasteiger partial charge on any atom is 0.306 e. The number of esters is 1. The van der Waals surface area contributed by atoms with Crippen LogP contribution in [0.5, 0.6) is 5.75 Å². The second-order valence-electron chi connectivity index (χ2n) is 12.2. The van der Waals surface area contributed by atoms with Crippen molar-refractivity contribution < 1.29 is 14.3 Å². The number of nitrogens with zero attached hydrogens (tertiary/aromatic N) is 5. The molecule has 0 spiro atoms. The van der Waals surface area contributed by atoms with E-state index in [9.17, 15) is 4.79 Å². The number of benzene rings is 2. The molecule has 2 aromatic carbocycles. The Bertz CT molecular complexity index is 1660. The van der Waals surface area contributed by atoms with Crippen molar-refractivity contribution in [2.45, 2.75) is 91.3 Å². The quantitative estimate of drug-likeness (QED) is 0.226. The Labute approximate surface area is 254 Å². The van der Waals surface area contributed by atoms with E-state index in [-0.39, 0.29) is 30.5 Å². The minimum Gasteiger partial charge on any atom is -0.487 e. The molecule has 8 nitrogen and oxygen atoms in total. The zero-order valence-electron chi connectivity index (χ0n) is 26.3. The van der Waals surface area contributed by atoms with E-state index in [1.54, 1.807) is 0 Å². The van der Waals surface area contributed by atoms with Gasteiger partial charge >= 0.3 is 5.97 Å². The third kappa shape index (κ3) is 5.53. The molecule has 2 aliphatic rings. The van der Waals surface area contributed by atoms with E-state index in [2.05, 4.69) is 61.1 Å². The van der Waals surface area contributed by atoms with Gasteiger partial charge in [0.05, 0.1) is 30.3 Å². The van der Waals surface area contributed by atoms with Crippen molar-refractivity contribution >= 4 is 17.0 Å². The normalized spacial score (nSPS) is 19.0. The summed E-state index contributed by atoms with van der Waals surface area (Å²) < 4.78 is 13.8. The molecule has 0 bridgehead atoms. The molecule has 6 rings (SSSR count). The first-order chi connectivity index (χ1) is 20.8. The number of hydrogen-bond donors (Lipinski definition) is 0. The molecule has 0 radical (unpaired) electrons. The Hall–Kier alpha value is -3.78. The van der Waals surface area contributed by atoms with Gasteiger partial charge in [0.25, 0.3) is 0 Å². The van der Waals surface area contributed by atoms with Crippen LogP contribution in [-0.4, -0.2) is 50.1 Å². The Balaban J connectivity index is 1.44. The highest BCUT2D eigenvalue weighted by Gasteiger charge is 2.31. The molecular weight excluding hydrogens is 538 g/mol. The van der Waals surface area contributed by atoms with Gasteiger partial charge in [0.2, 0.25) is 0 Å². The summed E-state index contributed by atoms with van der Waals surface area (Å²) in [5.74, 6) is 0.560. The van der Waals surface area contributed by atoms with E-state index in [0.717, 1.165) is 77.9 Å². The first-order valence-electron chi connectivity index (χ1n) is 15.7. The summed E-state index contributed by atoms with van der Waals surface area (Å²) >= 11 is 0. The van der Waals surface area contributed by atoms with Crippen LogP contribution in [0.1, 0.15) is 96.6 Å². The highest BCUT2D eigenvalue weighted by Crippen LogP contribution is 2.40. The Morgan fingerprint density at radius 2 is 2.02 bits per heavy atom. The molecule has 0 saturated carbocycles. The molecule has 43 heavy (non-hydrogen) atoms. The van der Waals surface area contributed by atoms with E-state index in [0.29, 0.717) is 6.61 Å². The Morgan fingerprint density at radius 3 is 2.81 bits per heavy atom. The lowest BCUT2D eigenvalue weighted by Gasteiger charge is -2.30. The predicted octanol–water partition coefficient (Wildman–Crippen LogP) is 6.29. The van der Waals surface area contributed by atoms with E-state index < -0.39 is 0 Å². The second-order valence-corrected chi connectivity index (χ2v) is 12.2. The molecule has 0 saturated heterocycles. The number of aromatic nitrogens is 4. The summed E-state index contributed by atoms with van der Waals surface area (Å²) in [6.07, 6.45) is 6.47. The zero-order chi connectivity index (χ0) is 30.2. The summed E-state index contributed by atoms with van der Waals surface area (Å²) in [7, 11) is 1.93. The number of aryl methyl sites for hydroxylation is 4. The van der Waals surface area contributed by atoms with Crippen molar-refractivity contribution in [3.63, 3.8) is 0 Å². The van der Waals surface area contributed by atoms with Gasteiger partial charge in [-0.15, -0.1) is 5.10 Å². The standard InChI is InChI=1S/C35H43N5O3/c1-7-27-20-40(23(5)34-31(43-27)13-10-14-36-34)19-26-17-25(16-24-11-9-12-28(24)26)30(18-32(41)42-8-2)29-15-21(3)35-33(22(29)4)37-38-39(35)6/h10,13-17,23,27,30H,7-9,11-12,18-20H2,1-6H3/t23-,27+,30-/m0/s1. The summed E-state index contributed by atoms with van der Waals surface area (Å²) in [6.45, 7) is 12.5. The zero-order valence-corrected chi connectivity index (χ0v) is 26.3. The smallest absolute Gasteiger partial charge is 0.306 e. The topological polar surface area (TPSA) is 82.4 Å². The molecule has 1 aliphatic carbocycles. The molecule has 3 heterocycles. The second kappa shape index (κ2) is 12.1. The fraction of sp³-hybridized carbons (Fsp3) is 0.486. The summed E-state index contributed by atoms with van der Waals surface area (Å²) in [6, 6.07) is 11.1. The van der Waals surface area contributed by atoms with Gasteiger partial charge < -0.3 is 9.47 Å². The number of carbonyl (C=O) groups is 1. The molecule has 3 atom stereocenters. The van der Waals surface area contributed by atoms with Gasteiger partial charge in [0.1, 0.15) is 17.4 Å². The number of ether oxygens (including phenoxy) is 2. The van der Waals surface area contributed by atoms with Gasteiger partial charge in [-0.2, -0.15) is 0 Å². The maximum atomic E-state index is 13.1. The minimum atomic E-state index is -0.183. The monoisotopic (exact) mass is 581 g/mol. The summed E-state index contributed by atoms with van der Waals surface area (Å²) in [5, 5.41) is 8.81. The SMILES string of the molecule is CCOC(=O)C[C@@H](c1cc2c(c(CN3C[C@@H](CC)Oc4cccnc4[C@@H]3C)c1)CCC2)c1cc(C)c2c(nnn2C)c1C.